The van der Waals surface area contributed by atoms with Gasteiger partial charge in [-0.15, -0.1) is 0 Å². The van der Waals surface area contributed by atoms with Crippen LogP contribution in [-0.2, 0) is 17.8 Å². The van der Waals surface area contributed by atoms with Crippen molar-refractivity contribution in [1.82, 2.24) is 9.88 Å². The first-order chi connectivity index (χ1) is 12.4. The van der Waals surface area contributed by atoms with Crippen LogP contribution in [0, 0.1) is 0 Å². The lowest BCUT2D eigenvalue weighted by molar-refractivity contribution is -0.136. The van der Waals surface area contributed by atoms with Crippen molar-refractivity contribution in [1.29, 1.82) is 0 Å². The maximum atomic E-state index is 10.9. The van der Waals surface area contributed by atoms with Crippen LogP contribution in [0.15, 0.2) is 42.6 Å². The molecule has 1 aromatic heterocycles. The Kier molecular flexibility index (Phi) is 5.79. The van der Waals surface area contributed by atoms with Crippen molar-refractivity contribution in [2.24, 2.45) is 0 Å². The van der Waals surface area contributed by atoms with Gasteiger partial charge in [-0.2, -0.15) is 0 Å². The van der Waals surface area contributed by atoms with Gasteiger partial charge in [0.2, 0.25) is 0 Å². The number of carbonyl (C=O) groups is 1. The number of halogens is 1. The lowest BCUT2D eigenvalue weighted by atomic mass is 10.0. The highest BCUT2D eigenvalue weighted by atomic mass is 35.5. The molecule has 2 atom stereocenters. The molecule has 0 radical (unpaired) electrons. The average Bonchev–Trinajstić information content (AvgIpc) is 2.58. The molecule has 0 unspecified atom stereocenters. The van der Waals surface area contributed by atoms with Gasteiger partial charge in [0.05, 0.1) is 18.3 Å². The van der Waals surface area contributed by atoms with Crippen LogP contribution in [0.4, 0.5) is 5.69 Å². The Morgan fingerprint density at radius 1 is 1.19 bits per heavy atom. The van der Waals surface area contributed by atoms with E-state index in [2.05, 4.69) is 34.7 Å². The fourth-order valence-corrected chi connectivity index (χ4v) is 3.77. The van der Waals surface area contributed by atoms with Crippen molar-refractivity contribution in [3.63, 3.8) is 0 Å². The Bertz CT molecular complexity index is 754. The van der Waals surface area contributed by atoms with Crippen LogP contribution >= 0.6 is 11.6 Å². The quantitative estimate of drug-likeness (QED) is 0.813. The standard InChI is InChI=1S/C20H24ClN3O2/c1-14-11-23(18-6-7-19(21)22-10-18)12-15(2)24(14)13-17-5-3-4-16(8-17)9-20(25)26/h3-8,10,14-15H,9,11-13H2,1-2H3,(H,25,26)/t14-,15+. The number of hydrogen-bond donors (Lipinski definition) is 1. The summed E-state index contributed by atoms with van der Waals surface area (Å²) >= 11 is 5.89. The summed E-state index contributed by atoms with van der Waals surface area (Å²) in [5, 5.41) is 9.50. The molecule has 1 N–H and O–H groups in total. The predicted octanol–water partition coefficient (Wildman–Crippen LogP) is 3.46. The van der Waals surface area contributed by atoms with E-state index in [0.717, 1.165) is 36.4 Å². The molecule has 1 saturated heterocycles. The summed E-state index contributed by atoms with van der Waals surface area (Å²) < 4.78 is 0. The minimum atomic E-state index is -0.797. The van der Waals surface area contributed by atoms with Crippen molar-refractivity contribution in [2.45, 2.75) is 38.9 Å². The first-order valence-corrected chi connectivity index (χ1v) is 9.22. The van der Waals surface area contributed by atoms with Crippen molar-refractivity contribution in [3.8, 4) is 0 Å². The lowest BCUT2D eigenvalue weighted by Crippen LogP contribution is -2.56. The summed E-state index contributed by atoms with van der Waals surface area (Å²) in [6, 6.07) is 12.5. The number of aromatic nitrogens is 1. The SMILES string of the molecule is C[C@@H]1CN(c2ccc(Cl)nc2)C[C@H](C)N1Cc1cccc(CC(=O)O)c1. The molecule has 26 heavy (non-hydrogen) atoms. The van der Waals surface area contributed by atoms with Gasteiger partial charge < -0.3 is 10.0 Å². The molecule has 2 aromatic rings. The number of benzene rings is 1. The Hall–Kier alpha value is -2.11. The number of hydrogen-bond acceptors (Lipinski definition) is 4. The molecule has 0 aliphatic carbocycles. The van der Waals surface area contributed by atoms with E-state index >= 15 is 0 Å². The number of piperazine rings is 1. The lowest BCUT2D eigenvalue weighted by Gasteiger charge is -2.45. The van der Waals surface area contributed by atoms with Crippen molar-refractivity contribution < 1.29 is 9.90 Å². The molecule has 1 aliphatic rings. The Morgan fingerprint density at radius 2 is 1.88 bits per heavy atom. The van der Waals surface area contributed by atoms with E-state index in [-0.39, 0.29) is 6.42 Å². The topological polar surface area (TPSA) is 56.7 Å². The van der Waals surface area contributed by atoms with E-state index < -0.39 is 5.97 Å². The molecule has 0 bridgehead atoms. The van der Waals surface area contributed by atoms with Crippen LogP contribution in [0.2, 0.25) is 5.15 Å². The van der Waals surface area contributed by atoms with Gasteiger partial charge in [-0.1, -0.05) is 35.9 Å². The second-order valence-electron chi connectivity index (χ2n) is 7.00. The zero-order chi connectivity index (χ0) is 18.7. The van der Waals surface area contributed by atoms with E-state index in [0.29, 0.717) is 17.2 Å². The molecule has 5 nitrogen and oxygen atoms in total. The molecule has 0 spiro atoms. The molecular weight excluding hydrogens is 350 g/mol. The maximum absolute atomic E-state index is 10.9. The van der Waals surface area contributed by atoms with Gasteiger partial charge >= 0.3 is 5.97 Å². The first-order valence-electron chi connectivity index (χ1n) is 8.84. The second-order valence-corrected chi connectivity index (χ2v) is 7.39. The van der Waals surface area contributed by atoms with Crippen molar-refractivity contribution >= 4 is 23.3 Å². The highest BCUT2D eigenvalue weighted by Gasteiger charge is 2.29. The van der Waals surface area contributed by atoms with Crippen LogP contribution < -0.4 is 4.90 Å². The Labute approximate surface area is 159 Å². The zero-order valence-electron chi connectivity index (χ0n) is 15.1. The van der Waals surface area contributed by atoms with Crippen LogP contribution in [0.5, 0.6) is 0 Å². The summed E-state index contributed by atoms with van der Waals surface area (Å²) in [6.07, 6.45) is 1.89. The van der Waals surface area contributed by atoms with Crippen molar-refractivity contribution in [3.05, 3.63) is 58.9 Å². The molecule has 2 heterocycles. The second kappa shape index (κ2) is 8.06. The maximum Gasteiger partial charge on any atom is 0.307 e. The number of aliphatic carboxylic acids is 1. The van der Waals surface area contributed by atoms with Gasteiger partial charge in [0.15, 0.2) is 0 Å². The molecule has 3 rings (SSSR count). The average molecular weight is 374 g/mol. The van der Waals surface area contributed by atoms with E-state index in [1.807, 2.05) is 36.5 Å². The number of carboxylic acids is 1. The third-order valence-corrected chi connectivity index (χ3v) is 5.11. The van der Waals surface area contributed by atoms with Crippen LogP contribution in [0.3, 0.4) is 0 Å². The van der Waals surface area contributed by atoms with Gasteiger partial charge in [-0.25, -0.2) is 4.98 Å². The molecule has 1 fully saturated rings. The Balaban J connectivity index is 1.68. The summed E-state index contributed by atoms with van der Waals surface area (Å²) in [5.74, 6) is -0.797. The van der Waals surface area contributed by atoms with E-state index in [1.54, 1.807) is 0 Å². The van der Waals surface area contributed by atoms with Gasteiger partial charge in [-0.3, -0.25) is 9.69 Å². The fraction of sp³-hybridized carbons (Fsp3) is 0.400. The first kappa shape index (κ1) is 18.7. The van der Waals surface area contributed by atoms with E-state index in [4.69, 9.17) is 16.7 Å². The number of carboxylic acid groups (broad SMARTS) is 1. The highest BCUT2D eigenvalue weighted by molar-refractivity contribution is 6.29. The molecule has 1 aromatic carbocycles. The third-order valence-electron chi connectivity index (χ3n) is 4.89. The molecule has 1 aliphatic heterocycles. The zero-order valence-corrected chi connectivity index (χ0v) is 15.9. The number of rotatable bonds is 5. The number of nitrogens with zero attached hydrogens (tertiary/aromatic N) is 3. The van der Waals surface area contributed by atoms with Gasteiger partial charge in [0.1, 0.15) is 5.15 Å². The van der Waals surface area contributed by atoms with Gasteiger partial charge in [-0.05, 0) is 37.1 Å². The largest absolute Gasteiger partial charge is 0.481 e. The van der Waals surface area contributed by atoms with E-state index in [1.165, 1.54) is 0 Å². The summed E-state index contributed by atoms with van der Waals surface area (Å²) in [5.41, 5.74) is 3.10. The summed E-state index contributed by atoms with van der Waals surface area (Å²) in [4.78, 5) is 19.9. The molecule has 6 heteroatoms. The monoisotopic (exact) mass is 373 g/mol. The smallest absolute Gasteiger partial charge is 0.307 e. The molecular formula is C20H24ClN3O2. The van der Waals surface area contributed by atoms with E-state index in [9.17, 15) is 4.79 Å². The van der Waals surface area contributed by atoms with Crippen LogP contribution in [0.1, 0.15) is 25.0 Å². The summed E-state index contributed by atoms with van der Waals surface area (Å²) in [6.45, 7) is 7.12. The van der Waals surface area contributed by atoms with Gasteiger partial charge in [0.25, 0.3) is 0 Å². The van der Waals surface area contributed by atoms with Crippen LogP contribution in [0.25, 0.3) is 0 Å². The fourth-order valence-electron chi connectivity index (χ4n) is 3.66. The Morgan fingerprint density at radius 3 is 2.50 bits per heavy atom. The van der Waals surface area contributed by atoms with Crippen LogP contribution in [-0.4, -0.2) is 46.1 Å². The molecule has 0 saturated carbocycles. The van der Waals surface area contributed by atoms with Gasteiger partial charge in [0, 0.05) is 31.7 Å². The normalized spacial score (nSPS) is 21.0. The minimum Gasteiger partial charge on any atom is -0.481 e. The summed E-state index contributed by atoms with van der Waals surface area (Å²) in [7, 11) is 0. The predicted molar refractivity (Wildman–Crippen MR) is 104 cm³/mol. The number of pyridine rings is 1. The minimum absolute atomic E-state index is 0.0658. The molecule has 0 amide bonds. The third kappa shape index (κ3) is 4.54. The highest BCUT2D eigenvalue weighted by Crippen LogP contribution is 2.24. The number of anilines is 1. The molecule has 138 valence electrons. The van der Waals surface area contributed by atoms with Crippen molar-refractivity contribution in [2.75, 3.05) is 18.0 Å².